The first kappa shape index (κ1) is 30.6. The molecule has 0 aromatic heterocycles. The van der Waals surface area contributed by atoms with Crippen molar-refractivity contribution in [2.75, 3.05) is 24.9 Å². The Morgan fingerprint density at radius 3 is 2.26 bits per heavy atom. The van der Waals surface area contributed by atoms with Crippen LogP contribution in [0.15, 0.2) is 42.5 Å². The van der Waals surface area contributed by atoms with Crippen molar-refractivity contribution in [3.8, 4) is 0 Å². The van der Waals surface area contributed by atoms with Crippen LogP contribution in [0.25, 0.3) is 0 Å². The quantitative estimate of drug-likeness (QED) is 0.444. The zero-order valence-electron chi connectivity index (χ0n) is 23.6. The third-order valence-electron chi connectivity index (χ3n) is 7.26. The van der Waals surface area contributed by atoms with Crippen LogP contribution in [0.5, 0.6) is 0 Å². The van der Waals surface area contributed by atoms with Crippen molar-refractivity contribution in [2.45, 2.75) is 77.9 Å². The maximum Gasteiger partial charge on any atom is 0.304 e. The highest BCUT2D eigenvalue weighted by molar-refractivity contribution is 7.90. The summed E-state index contributed by atoms with van der Waals surface area (Å²) < 4.78 is 42.7. The summed E-state index contributed by atoms with van der Waals surface area (Å²) in [4.78, 5) is 28.9. The number of benzene rings is 2. The normalized spacial score (nSPS) is 15.2. The molecule has 1 atom stereocenters. The van der Waals surface area contributed by atoms with Crippen molar-refractivity contribution < 1.29 is 22.4 Å². The molecule has 0 radical (unpaired) electrons. The van der Waals surface area contributed by atoms with Gasteiger partial charge in [0.05, 0.1) is 5.69 Å². The van der Waals surface area contributed by atoms with Crippen LogP contribution in [0.2, 0.25) is 0 Å². The van der Waals surface area contributed by atoms with Crippen molar-refractivity contribution >= 4 is 27.7 Å². The summed E-state index contributed by atoms with van der Waals surface area (Å²) in [7, 11) is -1.21. The van der Waals surface area contributed by atoms with Crippen LogP contribution in [0, 0.1) is 19.7 Å². The van der Waals surface area contributed by atoms with Crippen molar-refractivity contribution in [1.29, 1.82) is 0 Å². The van der Waals surface area contributed by atoms with Crippen LogP contribution in [0.3, 0.4) is 0 Å². The molecule has 1 N–H and O–H groups in total. The van der Waals surface area contributed by atoms with E-state index < -0.39 is 34.5 Å². The fourth-order valence-corrected chi connectivity index (χ4v) is 6.05. The highest BCUT2D eigenvalue weighted by Crippen LogP contribution is 2.26. The van der Waals surface area contributed by atoms with Gasteiger partial charge in [-0.3, -0.25) is 9.59 Å². The minimum Gasteiger partial charge on any atom is -0.352 e. The predicted molar refractivity (Wildman–Crippen MR) is 152 cm³/mol. The lowest BCUT2D eigenvalue weighted by Gasteiger charge is -2.35. The number of carbonyl (C=O) groups excluding carboxylic acids is 2. The average molecular weight is 561 g/mol. The van der Waals surface area contributed by atoms with Gasteiger partial charge in [-0.1, -0.05) is 50.5 Å². The summed E-state index contributed by atoms with van der Waals surface area (Å²) in [6.45, 7) is 5.03. The molecule has 39 heavy (non-hydrogen) atoms. The molecule has 2 aromatic carbocycles. The summed E-state index contributed by atoms with van der Waals surface area (Å²) in [5.74, 6) is -1.18. The summed E-state index contributed by atoms with van der Waals surface area (Å²) in [6.07, 6.45) is 5.38. The van der Waals surface area contributed by atoms with E-state index in [2.05, 4.69) is 5.32 Å². The van der Waals surface area contributed by atoms with Gasteiger partial charge < -0.3 is 10.2 Å². The third-order valence-corrected chi connectivity index (χ3v) is 9.06. The maximum absolute atomic E-state index is 14.0. The topological polar surface area (TPSA) is 90.0 Å². The first-order valence-corrected chi connectivity index (χ1v) is 15.0. The molecular weight excluding hydrogens is 519 g/mol. The van der Waals surface area contributed by atoms with Gasteiger partial charge in [-0.15, -0.1) is 0 Å². The average Bonchev–Trinajstić information content (AvgIpc) is 2.90. The lowest BCUT2D eigenvalue weighted by molar-refractivity contribution is -0.140. The maximum atomic E-state index is 14.0. The van der Waals surface area contributed by atoms with E-state index >= 15 is 0 Å². The molecule has 0 heterocycles. The van der Waals surface area contributed by atoms with Gasteiger partial charge in [-0.25, -0.2) is 8.70 Å². The summed E-state index contributed by atoms with van der Waals surface area (Å²) in [5.41, 5.74) is 2.59. The van der Waals surface area contributed by atoms with E-state index in [1.165, 1.54) is 31.1 Å². The monoisotopic (exact) mass is 560 g/mol. The SMILES string of the molecule is CC[C@H](C(=O)NC1CCCCC1)N(Cc1ccc(F)cc1)C(=O)CN(c1cc(C)ccc1C)S(=O)(=O)N(C)C. The van der Waals surface area contributed by atoms with Crippen molar-refractivity contribution in [3.05, 3.63) is 65.0 Å². The molecule has 1 aliphatic carbocycles. The Kier molecular flexibility index (Phi) is 10.5. The summed E-state index contributed by atoms with van der Waals surface area (Å²) in [6, 6.07) is 10.4. The summed E-state index contributed by atoms with van der Waals surface area (Å²) in [5, 5.41) is 3.12. The zero-order valence-corrected chi connectivity index (χ0v) is 24.4. The van der Waals surface area contributed by atoms with Crippen LogP contribution in [-0.4, -0.2) is 62.2 Å². The first-order valence-electron chi connectivity index (χ1n) is 13.6. The van der Waals surface area contributed by atoms with Gasteiger partial charge in [0.15, 0.2) is 0 Å². The predicted octanol–water partition coefficient (Wildman–Crippen LogP) is 4.31. The van der Waals surface area contributed by atoms with Crippen LogP contribution in [-0.2, 0) is 26.3 Å². The number of amides is 2. The minimum atomic E-state index is -4.04. The molecule has 0 saturated heterocycles. The van der Waals surface area contributed by atoms with Crippen LogP contribution in [0.4, 0.5) is 10.1 Å². The smallest absolute Gasteiger partial charge is 0.304 e. The fraction of sp³-hybridized carbons (Fsp3) is 0.517. The van der Waals surface area contributed by atoms with Gasteiger partial charge >= 0.3 is 10.2 Å². The van der Waals surface area contributed by atoms with Crippen LogP contribution >= 0.6 is 0 Å². The number of nitrogens with zero attached hydrogens (tertiary/aromatic N) is 3. The standard InChI is InChI=1S/C29H41FN4O4S/c1-6-26(29(36)31-25-10-8-7-9-11-25)33(19-23-14-16-24(30)17-15-23)28(35)20-34(39(37,38)32(4)5)27-18-21(2)12-13-22(27)3/h12-18,25-26H,6-11,19-20H2,1-5H3,(H,31,36)/t26-/m1/s1. The Bertz CT molecular complexity index is 1240. The largest absolute Gasteiger partial charge is 0.352 e. The number of aryl methyl sites for hydroxylation is 2. The second kappa shape index (κ2) is 13.4. The van der Waals surface area contributed by atoms with Crippen molar-refractivity contribution in [1.82, 2.24) is 14.5 Å². The molecule has 214 valence electrons. The molecular formula is C29H41FN4O4S. The van der Waals surface area contributed by atoms with E-state index in [4.69, 9.17) is 0 Å². The molecule has 10 heteroatoms. The van der Waals surface area contributed by atoms with E-state index in [-0.39, 0.29) is 18.5 Å². The Morgan fingerprint density at radius 1 is 1.03 bits per heavy atom. The number of hydrogen-bond donors (Lipinski definition) is 1. The zero-order chi connectivity index (χ0) is 28.7. The van der Waals surface area contributed by atoms with Crippen molar-refractivity contribution in [2.24, 2.45) is 0 Å². The molecule has 0 bridgehead atoms. The molecule has 2 aromatic rings. The number of nitrogens with one attached hydrogen (secondary N) is 1. The van der Waals surface area contributed by atoms with E-state index in [9.17, 15) is 22.4 Å². The van der Waals surface area contributed by atoms with Crippen LogP contribution < -0.4 is 9.62 Å². The molecule has 1 aliphatic rings. The van der Waals surface area contributed by atoms with E-state index in [0.717, 1.165) is 46.3 Å². The Morgan fingerprint density at radius 2 is 1.67 bits per heavy atom. The van der Waals surface area contributed by atoms with Gasteiger partial charge in [0.25, 0.3) is 0 Å². The van der Waals surface area contributed by atoms with Gasteiger partial charge in [0.1, 0.15) is 18.4 Å². The lowest BCUT2D eigenvalue weighted by Crippen LogP contribution is -2.54. The Labute approximate surface area is 232 Å². The molecule has 0 unspecified atom stereocenters. The Hall–Kier alpha value is -2.98. The van der Waals surface area contributed by atoms with Crippen LogP contribution in [0.1, 0.15) is 62.1 Å². The fourth-order valence-electron chi connectivity index (χ4n) is 4.94. The highest BCUT2D eigenvalue weighted by Gasteiger charge is 2.35. The van der Waals surface area contributed by atoms with E-state index in [1.807, 2.05) is 26.0 Å². The van der Waals surface area contributed by atoms with Gasteiger partial charge in [-0.2, -0.15) is 12.7 Å². The number of hydrogen-bond acceptors (Lipinski definition) is 4. The highest BCUT2D eigenvalue weighted by atomic mass is 32.2. The Balaban J connectivity index is 1.99. The lowest BCUT2D eigenvalue weighted by atomic mass is 9.95. The van der Waals surface area contributed by atoms with Gasteiger partial charge in [0, 0.05) is 26.7 Å². The van der Waals surface area contributed by atoms with Gasteiger partial charge in [0.2, 0.25) is 11.8 Å². The molecule has 0 spiro atoms. The minimum absolute atomic E-state index is 0.0400. The molecule has 0 aliphatic heterocycles. The molecule has 3 rings (SSSR count). The second-order valence-corrected chi connectivity index (χ2v) is 12.6. The molecule has 8 nitrogen and oxygen atoms in total. The molecule has 2 amide bonds. The third kappa shape index (κ3) is 7.79. The van der Waals surface area contributed by atoms with E-state index in [1.54, 1.807) is 25.1 Å². The first-order chi connectivity index (χ1) is 18.4. The van der Waals surface area contributed by atoms with Crippen molar-refractivity contribution in [3.63, 3.8) is 0 Å². The number of rotatable bonds is 11. The summed E-state index contributed by atoms with van der Waals surface area (Å²) >= 11 is 0. The molecule has 1 saturated carbocycles. The van der Waals surface area contributed by atoms with Gasteiger partial charge in [-0.05, 0) is 68.0 Å². The number of anilines is 1. The number of halogens is 1. The second-order valence-electron chi connectivity index (χ2n) is 10.5. The van der Waals surface area contributed by atoms with E-state index in [0.29, 0.717) is 23.2 Å². The number of carbonyl (C=O) groups is 2. The molecule has 1 fully saturated rings.